The van der Waals surface area contributed by atoms with Gasteiger partial charge in [-0.1, -0.05) is 6.07 Å². The first kappa shape index (κ1) is 22.8. The van der Waals surface area contributed by atoms with Gasteiger partial charge in [0, 0.05) is 44.2 Å². The molecule has 2 amide bonds. The third kappa shape index (κ3) is 5.65. The van der Waals surface area contributed by atoms with Crippen molar-refractivity contribution in [1.82, 2.24) is 15.2 Å². The molecule has 0 aromatic carbocycles. The molecule has 8 nitrogen and oxygen atoms in total. The fourth-order valence-electron chi connectivity index (χ4n) is 3.87. The van der Waals surface area contributed by atoms with Crippen molar-refractivity contribution in [2.24, 2.45) is 17.3 Å². The molecule has 2 atom stereocenters. The van der Waals surface area contributed by atoms with E-state index in [2.05, 4.69) is 10.3 Å². The van der Waals surface area contributed by atoms with E-state index in [0.29, 0.717) is 44.5 Å². The smallest absolute Gasteiger partial charge is 0.477 e. The molecule has 170 valence electrons. The van der Waals surface area contributed by atoms with Crippen LogP contribution in [0.2, 0.25) is 0 Å². The molecule has 3 aliphatic rings. The minimum absolute atomic E-state index is 0.0684. The van der Waals surface area contributed by atoms with E-state index >= 15 is 0 Å². The molecule has 11 heteroatoms. The van der Waals surface area contributed by atoms with E-state index in [-0.39, 0.29) is 17.7 Å². The topological polar surface area (TPSA) is 109 Å². The molecular weight excluding hydrogens is 419 g/mol. The summed E-state index contributed by atoms with van der Waals surface area (Å²) < 4.78 is 37.5. The summed E-state index contributed by atoms with van der Waals surface area (Å²) in [5, 5.41) is 10.1. The Labute approximate surface area is 176 Å². The lowest BCUT2D eigenvalue weighted by atomic mass is 9.77. The number of hydrogen-bond donors (Lipinski definition) is 2. The first-order valence-electron chi connectivity index (χ1n) is 10.0. The molecule has 3 fully saturated rings. The fourth-order valence-corrected chi connectivity index (χ4v) is 3.87. The van der Waals surface area contributed by atoms with Crippen LogP contribution >= 0.6 is 0 Å². The third-order valence-corrected chi connectivity index (χ3v) is 5.87. The molecule has 3 heterocycles. The van der Waals surface area contributed by atoms with Crippen LogP contribution in [0.3, 0.4) is 0 Å². The number of likely N-dealkylation sites (tertiary alicyclic amines) is 1. The Morgan fingerprint density at radius 2 is 2.03 bits per heavy atom. The van der Waals surface area contributed by atoms with E-state index in [0.717, 1.165) is 6.42 Å². The van der Waals surface area contributed by atoms with Gasteiger partial charge in [0.25, 0.3) is 0 Å². The lowest BCUT2D eigenvalue weighted by Gasteiger charge is -2.28. The fraction of sp³-hybridized carbons (Fsp3) is 0.600. The average molecular weight is 443 g/mol. The van der Waals surface area contributed by atoms with Gasteiger partial charge in [0.15, 0.2) is 0 Å². The standard InChI is InChI=1S/C18H23N3O3.C2HF3O2/c22-16(9-13-4-5-13)21-8-6-18(12-21)14(10-20-17(18)23)11-24-15-3-1-2-7-19-15;3-2(4,5)1(6)7/h1-3,7,13-14H,4-6,8-12H2,(H,20,23);(H,6,7)/t14-,18-;/m1./s1. The lowest BCUT2D eigenvalue weighted by Crippen LogP contribution is -2.41. The summed E-state index contributed by atoms with van der Waals surface area (Å²) in [6, 6.07) is 5.54. The summed E-state index contributed by atoms with van der Waals surface area (Å²) in [6.45, 7) is 2.26. The van der Waals surface area contributed by atoms with Crippen molar-refractivity contribution in [2.75, 3.05) is 26.2 Å². The summed E-state index contributed by atoms with van der Waals surface area (Å²) in [5.41, 5.74) is -0.492. The molecular formula is C20H24F3N3O5. The van der Waals surface area contributed by atoms with E-state index in [4.69, 9.17) is 14.6 Å². The van der Waals surface area contributed by atoms with Gasteiger partial charge >= 0.3 is 12.1 Å². The van der Waals surface area contributed by atoms with E-state index in [1.807, 2.05) is 23.1 Å². The summed E-state index contributed by atoms with van der Waals surface area (Å²) in [7, 11) is 0. The van der Waals surface area contributed by atoms with Crippen LogP contribution in [0.5, 0.6) is 5.88 Å². The number of carboxylic acid groups (broad SMARTS) is 1. The first-order valence-corrected chi connectivity index (χ1v) is 10.0. The highest BCUT2D eigenvalue weighted by atomic mass is 19.4. The number of nitrogens with zero attached hydrogens (tertiary/aromatic N) is 2. The summed E-state index contributed by atoms with van der Waals surface area (Å²) in [5.74, 6) is -1.25. The number of amides is 2. The minimum atomic E-state index is -5.08. The second-order valence-corrected chi connectivity index (χ2v) is 8.06. The zero-order chi connectivity index (χ0) is 22.6. The number of aliphatic carboxylic acids is 1. The Morgan fingerprint density at radius 3 is 2.61 bits per heavy atom. The van der Waals surface area contributed by atoms with Gasteiger partial charge in [-0.25, -0.2) is 9.78 Å². The number of halogens is 3. The Kier molecular flexibility index (Phi) is 6.71. The normalized spacial score (nSPS) is 25.1. The Morgan fingerprint density at radius 1 is 1.32 bits per heavy atom. The highest BCUT2D eigenvalue weighted by Gasteiger charge is 2.55. The monoisotopic (exact) mass is 443 g/mol. The van der Waals surface area contributed by atoms with Crippen molar-refractivity contribution in [2.45, 2.75) is 31.9 Å². The average Bonchev–Trinajstić information content (AvgIpc) is 3.33. The van der Waals surface area contributed by atoms with Crippen LogP contribution in [0.15, 0.2) is 24.4 Å². The van der Waals surface area contributed by atoms with Gasteiger partial charge in [-0.2, -0.15) is 13.2 Å². The number of alkyl halides is 3. The molecule has 1 saturated carbocycles. The van der Waals surface area contributed by atoms with Crippen LogP contribution < -0.4 is 10.1 Å². The largest absolute Gasteiger partial charge is 0.490 e. The molecule has 1 aromatic heterocycles. The first-order chi connectivity index (χ1) is 14.6. The van der Waals surface area contributed by atoms with E-state index in [1.165, 1.54) is 12.8 Å². The van der Waals surface area contributed by atoms with Crippen molar-refractivity contribution < 1.29 is 37.4 Å². The van der Waals surface area contributed by atoms with Crippen LogP contribution in [0.4, 0.5) is 13.2 Å². The molecule has 31 heavy (non-hydrogen) atoms. The van der Waals surface area contributed by atoms with Crippen molar-refractivity contribution in [3.63, 3.8) is 0 Å². The van der Waals surface area contributed by atoms with Gasteiger partial charge < -0.3 is 20.1 Å². The zero-order valence-corrected chi connectivity index (χ0v) is 16.7. The number of carbonyl (C=O) groups is 3. The lowest BCUT2D eigenvalue weighted by molar-refractivity contribution is -0.192. The van der Waals surface area contributed by atoms with Gasteiger partial charge in [0.1, 0.15) is 0 Å². The molecule has 0 bridgehead atoms. The van der Waals surface area contributed by atoms with E-state index < -0.39 is 17.6 Å². The second-order valence-electron chi connectivity index (χ2n) is 8.06. The number of carbonyl (C=O) groups excluding carboxylic acids is 2. The molecule has 1 spiro atoms. The SMILES string of the molecule is O=C(CC1CC1)N1CC[C@]2(C1)C(=O)NC[C@@H]2COc1ccccn1.O=C(O)C(F)(F)F. The van der Waals surface area contributed by atoms with Crippen LogP contribution in [0.25, 0.3) is 0 Å². The molecule has 1 aromatic rings. The van der Waals surface area contributed by atoms with Crippen LogP contribution in [-0.4, -0.2) is 65.2 Å². The number of carboxylic acids is 1. The van der Waals surface area contributed by atoms with Crippen molar-refractivity contribution >= 4 is 17.8 Å². The summed E-state index contributed by atoms with van der Waals surface area (Å²) in [6.07, 6.45) is 0.326. The number of ether oxygens (including phenoxy) is 1. The number of nitrogens with one attached hydrogen (secondary N) is 1. The molecule has 2 aliphatic heterocycles. The third-order valence-electron chi connectivity index (χ3n) is 5.87. The molecule has 2 saturated heterocycles. The van der Waals surface area contributed by atoms with Crippen LogP contribution in [-0.2, 0) is 14.4 Å². The van der Waals surface area contributed by atoms with Gasteiger partial charge in [0.05, 0.1) is 12.0 Å². The van der Waals surface area contributed by atoms with Gasteiger partial charge in [-0.05, 0) is 31.2 Å². The maximum absolute atomic E-state index is 12.5. The van der Waals surface area contributed by atoms with E-state index in [9.17, 15) is 22.8 Å². The maximum Gasteiger partial charge on any atom is 0.490 e. The van der Waals surface area contributed by atoms with Crippen LogP contribution in [0.1, 0.15) is 25.7 Å². The van der Waals surface area contributed by atoms with Gasteiger partial charge in [-0.3, -0.25) is 9.59 Å². The van der Waals surface area contributed by atoms with Crippen molar-refractivity contribution in [3.8, 4) is 5.88 Å². The highest BCUT2D eigenvalue weighted by Crippen LogP contribution is 2.43. The Bertz CT molecular complexity index is 816. The van der Waals surface area contributed by atoms with Crippen molar-refractivity contribution in [3.05, 3.63) is 24.4 Å². The number of pyridine rings is 1. The molecule has 4 rings (SSSR count). The summed E-state index contributed by atoms with van der Waals surface area (Å²) >= 11 is 0. The van der Waals surface area contributed by atoms with E-state index in [1.54, 1.807) is 6.20 Å². The molecule has 1 aliphatic carbocycles. The predicted molar refractivity (Wildman–Crippen MR) is 101 cm³/mol. The number of aromatic nitrogens is 1. The van der Waals surface area contributed by atoms with Crippen molar-refractivity contribution in [1.29, 1.82) is 0 Å². The highest BCUT2D eigenvalue weighted by molar-refractivity contribution is 5.87. The molecule has 0 radical (unpaired) electrons. The van der Waals surface area contributed by atoms with Gasteiger partial charge in [0.2, 0.25) is 17.7 Å². The minimum Gasteiger partial charge on any atom is -0.477 e. The maximum atomic E-state index is 12.5. The van der Waals surface area contributed by atoms with Crippen LogP contribution in [0, 0.1) is 17.3 Å². The second kappa shape index (κ2) is 9.11. The predicted octanol–water partition coefficient (Wildman–Crippen LogP) is 1.86. The van der Waals surface area contributed by atoms with Gasteiger partial charge in [-0.15, -0.1) is 0 Å². The number of rotatable bonds is 5. The Balaban J connectivity index is 0.000000339. The summed E-state index contributed by atoms with van der Waals surface area (Å²) in [4.78, 5) is 39.8. The zero-order valence-electron chi connectivity index (χ0n) is 16.7. The Hall–Kier alpha value is -2.85. The quantitative estimate of drug-likeness (QED) is 0.719. The number of hydrogen-bond acceptors (Lipinski definition) is 5. The molecule has 0 unspecified atom stereocenters. The molecule has 2 N–H and O–H groups in total.